The van der Waals surface area contributed by atoms with E-state index < -0.39 is 53.5 Å². The van der Waals surface area contributed by atoms with Crippen LogP contribution in [0.15, 0.2) is 12.7 Å². The molecule has 2 aliphatic carbocycles. The molecule has 0 aromatic heterocycles. The lowest BCUT2D eigenvalue weighted by atomic mass is 9.83. The number of hydrogen-bond acceptors (Lipinski definition) is 6. The van der Waals surface area contributed by atoms with E-state index in [1.165, 1.54) is 11.0 Å². The average Bonchev–Trinajstić information content (AvgIpc) is 3.38. The van der Waals surface area contributed by atoms with E-state index >= 15 is 0 Å². The summed E-state index contributed by atoms with van der Waals surface area (Å²) >= 11 is 0. The van der Waals surface area contributed by atoms with E-state index in [0.717, 1.165) is 32.1 Å². The van der Waals surface area contributed by atoms with Crippen LogP contribution in [0.3, 0.4) is 0 Å². The molecule has 3 rings (SSSR count). The van der Waals surface area contributed by atoms with Gasteiger partial charge in [-0.05, 0) is 30.6 Å². The van der Waals surface area contributed by atoms with Crippen LogP contribution in [0, 0.1) is 17.3 Å². The largest absolute Gasteiger partial charge is 0.479 e. The summed E-state index contributed by atoms with van der Waals surface area (Å²) in [5.74, 6) is -2.75. The number of carbonyl (C=O) groups is 4. The first-order chi connectivity index (χ1) is 16.4. The summed E-state index contributed by atoms with van der Waals surface area (Å²) in [7, 11) is 0. The van der Waals surface area contributed by atoms with Crippen molar-refractivity contribution in [3.8, 4) is 0 Å². The predicted molar refractivity (Wildman–Crippen MR) is 127 cm³/mol. The monoisotopic (exact) mass is 493 g/mol. The zero-order chi connectivity index (χ0) is 26.0. The normalized spacial score (nSPS) is 29.7. The lowest BCUT2D eigenvalue weighted by molar-refractivity contribution is -0.146. The Morgan fingerprint density at radius 2 is 1.86 bits per heavy atom. The van der Waals surface area contributed by atoms with Crippen LogP contribution in [0.4, 0.5) is 4.79 Å². The Bertz CT molecular complexity index is 848. The Labute approximate surface area is 206 Å². The number of nitrogens with one attached hydrogen (secondary N) is 2. The van der Waals surface area contributed by atoms with Gasteiger partial charge in [0.25, 0.3) is 0 Å². The van der Waals surface area contributed by atoms with Gasteiger partial charge in [-0.2, -0.15) is 0 Å². The first-order valence-electron chi connectivity index (χ1n) is 12.5. The van der Waals surface area contributed by atoms with Crippen LogP contribution in [0.25, 0.3) is 0 Å². The molecule has 196 valence electrons. The number of nitrogens with zero attached hydrogens (tertiary/aromatic N) is 1. The molecular weight excluding hydrogens is 454 g/mol. The number of carboxylic acids is 1. The number of carbonyl (C=O) groups excluding carboxylic acids is 3. The van der Waals surface area contributed by atoms with Crippen molar-refractivity contribution in [2.45, 2.75) is 89.4 Å². The van der Waals surface area contributed by atoms with Crippen molar-refractivity contribution in [3.63, 3.8) is 0 Å². The first kappa shape index (κ1) is 27.0. The summed E-state index contributed by atoms with van der Waals surface area (Å²) in [5.41, 5.74) is -1.67. The molecule has 3 fully saturated rings. The molecule has 1 unspecified atom stereocenters. The number of carboxylic acid groups (broad SMARTS) is 1. The van der Waals surface area contributed by atoms with Gasteiger partial charge in [-0.15, -0.1) is 6.58 Å². The number of aliphatic hydroxyl groups is 1. The van der Waals surface area contributed by atoms with Crippen LogP contribution in [-0.2, 0) is 19.1 Å². The van der Waals surface area contributed by atoms with Gasteiger partial charge >= 0.3 is 12.1 Å². The molecule has 0 radical (unpaired) electrons. The van der Waals surface area contributed by atoms with Gasteiger partial charge in [0, 0.05) is 18.9 Å². The van der Waals surface area contributed by atoms with Crippen molar-refractivity contribution in [2.75, 3.05) is 13.2 Å². The lowest BCUT2D eigenvalue weighted by Gasteiger charge is -2.34. The highest BCUT2D eigenvalue weighted by Crippen LogP contribution is 2.45. The van der Waals surface area contributed by atoms with Crippen molar-refractivity contribution >= 4 is 23.9 Å². The summed E-state index contributed by atoms with van der Waals surface area (Å²) in [6.07, 6.45) is 4.54. The van der Waals surface area contributed by atoms with Crippen molar-refractivity contribution < 1.29 is 34.1 Å². The van der Waals surface area contributed by atoms with Crippen molar-refractivity contribution in [2.24, 2.45) is 17.3 Å². The number of ether oxygens (including phenoxy) is 1. The van der Waals surface area contributed by atoms with E-state index in [1.54, 1.807) is 0 Å². The fourth-order valence-corrected chi connectivity index (χ4v) is 5.10. The van der Waals surface area contributed by atoms with E-state index in [0.29, 0.717) is 0 Å². The Morgan fingerprint density at radius 1 is 1.20 bits per heavy atom. The highest BCUT2D eigenvalue weighted by atomic mass is 16.5. The minimum absolute atomic E-state index is 0.00210. The fraction of sp³-hybridized carbons (Fsp3) is 0.760. The molecule has 1 aliphatic heterocycles. The molecule has 10 heteroatoms. The van der Waals surface area contributed by atoms with E-state index in [9.17, 15) is 29.4 Å². The highest BCUT2D eigenvalue weighted by Gasteiger charge is 2.61. The Balaban J connectivity index is 1.76. The number of aliphatic hydroxyl groups excluding tert-OH is 1. The maximum atomic E-state index is 13.7. The number of alkyl carbamates (subject to hydrolysis) is 1. The first-order valence-corrected chi connectivity index (χ1v) is 12.5. The van der Waals surface area contributed by atoms with Crippen LogP contribution in [-0.4, -0.2) is 75.9 Å². The van der Waals surface area contributed by atoms with Crippen LogP contribution in [0.1, 0.15) is 65.7 Å². The molecule has 1 saturated heterocycles. The molecule has 0 aromatic carbocycles. The number of β-amino-alcohol motifs (C(OH)–C–C–N with tert-alkyl or cyclic N) is 1. The van der Waals surface area contributed by atoms with Crippen molar-refractivity contribution in [3.05, 3.63) is 12.7 Å². The molecule has 4 N–H and O–H groups in total. The predicted octanol–water partition coefficient (Wildman–Crippen LogP) is 1.81. The SMILES string of the molecule is C=C[C@@H]1C[C@]1(NC(=O)[C@@H]1CC(O)CN1C(=O)[C@@H](NC(=O)OCC(C)(C)C)C1CCCCC1)C(=O)O. The van der Waals surface area contributed by atoms with Crippen molar-refractivity contribution in [1.82, 2.24) is 15.5 Å². The standard InChI is InChI=1S/C25H39N3O7/c1-5-16-12-25(16,22(32)33)27-20(30)18-11-17(29)13-28(18)21(31)19(15-9-7-6-8-10-15)26-23(34)35-14-24(2,3)4/h5,15-19,29H,1,6-14H2,2-4H3,(H,26,34)(H,27,30)(H,32,33)/t16-,17?,18+,19+,25-/m1/s1. The molecule has 0 aromatic rings. The van der Waals surface area contributed by atoms with Gasteiger partial charge < -0.3 is 30.5 Å². The average molecular weight is 494 g/mol. The zero-order valence-electron chi connectivity index (χ0n) is 20.9. The topological polar surface area (TPSA) is 145 Å². The van der Waals surface area contributed by atoms with Crippen LogP contribution < -0.4 is 10.6 Å². The third kappa shape index (κ3) is 6.34. The highest BCUT2D eigenvalue weighted by molar-refractivity contribution is 5.96. The maximum Gasteiger partial charge on any atom is 0.407 e. The molecule has 0 spiro atoms. The van der Waals surface area contributed by atoms with Gasteiger partial charge in [-0.3, -0.25) is 9.59 Å². The Morgan fingerprint density at radius 3 is 2.40 bits per heavy atom. The third-order valence-electron chi connectivity index (χ3n) is 7.19. The van der Waals surface area contributed by atoms with Gasteiger partial charge in [-0.25, -0.2) is 9.59 Å². The summed E-state index contributed by atoms with van der Waals surface area (Å²) in [6.45, 7) is 9.53. The molecule has 35 heavy (non-hydrogen) atoms. The van der Waals surface area contributed by atoms with Crippen LogP contribution >= 0.6 is 0 Å². The molecule has 10 nitrogen and oxygen atoms in total. The second-order valence-electron chi connectivity index (χ2n) is 11.4. The fourth-order valence-electron chi connectivity index (χ4n) is 5.10. The van der Waals surface area contributed by atoms with Crippen molar-refractivity contribution in [1.29, 1.82) is 0 Å². The number of aliphatic carboxylic acids is 1. The maximum absolute atomic E-state index is 13.7. The van der Waals surface area contributed by atoms with Gasteiger partial charge in [0.2, 0.25) is 11.8 Å². The number of likely N-dealkylation sites (tertiary alicyclic amines) is 1. The van der Waals surface area contributed by atoms with E-state index in [1.807, 2.05) is 20.8 Å². The number of hydrogen-bond donors (Lipinski definition) is 4. The van der Waals surface area contributed by atoms with Gasteiger partial charge in [0.1, 0.15) is 17.6 Å². The van der Waals surface area contributed by atoms with Crippen LogP contribution in [0.2, 0.25) is 0 Å². The molecule has 3 amide bonds. The number of rotatable bonds is 8. The minimum atomic E-state index is -1.43. The van der Waals surface area contributed by atoms with Crippen LogP contribution in [0.5, 0.6) is 0 Å². The summed E-state index contributed by atoms with van der Waals surface area (Å²) in [5, 5.41) is 25.3. The molecule has 2 saturated carbocycles. The molecule has 3 aliphatic rings. The second kappa shape index (κ2) is 10.6. The third-order valence-corrected chi connectivity index (χ3v) is 7.19. The molecular formula is C25H39N3O7. The smallest absolute Gasteiger partial charge is 0.407 e. The Kier molecular flexibility index (Phi) is 8.14. The summed E-state index contributed by atoms with van der Waals surface area (Å²) in [6, 6.07) is -1.92. The quantitative estimate of drug-likeness (QED) is 0.377. The molecule has 1 heterocycles. The molecule has 5 atom stereocenters. The Hall–Kier alpha value is -2.62. The second-order valence-corrected chi connectivity index (χ2v) is 11.4. The zero-order valence-corrected chi connectivity index (χ0v) is 20.9. The van der Waals surface area contributed by atoms with E-state index in [-0.39, 0.29) is 37.3 Å². The van der Waals surface area contributed by atoms with Gasteiger partial charge in [0.05, 0.1) is 12.7 Å². The minimum Gasteiger partial charge on any atom is -0.479 e. The summed E-state index contributed by atoms with van der Waals surface area (Å²) < 4.78 is 5.34. The van der Waals surface area contributed by atoms with E-state index in [2.05, 4.69) is 17.2 Å². The van der Waals surface area contributed by atoms with Gasteiger partial charge in [0.15, 0.2) is 0 Å². The summed E-state index contributed by atoms with van der Waals surface area (Å²) in [4.78, 5) is 52.5. The lowest BCUT2D eigenvalue weighted by Crippen LogP contribution is -2.58. The molecule has 0 bridgehead atoms. The van der Waals surface area contributed by atoms with E-state index in [4.69, 9.17) is 4.74 Å². The van der Waals surface area contributed by atoms with Gasteiger partial charge in [-0.1, -0.05) is 46.1 Å². The number of amides is 3.